The normalized spacial score (nSPS) is 14.1. The Bertz CT molecular complexity index is 849. The number of nitrogens with zero attached hydrogens (tertiary/aromatic N) is 1. The third kappa shape index (κ3) is 6.36. The van der Waals surface area contributed by atoms with Gasteiger partial charge in [0.1, 0.15) is 0 Å². The standard InChI is InChI=1S/C25H32N2O3/c1-3-29-23-11-10-20(18-24(23)30-4-2)12-15-26-25(28)19-27-16-13-22(14-17-27)21-8-6-5-7-9-21/h5-11,13,18H,3-4,12,14-17,19H2,1-2H3,(H,26,28). The van der Waals surface area contributed by atoms with Crippen molar-refractivity contribution in [3.8, 4) is 11.5 Å². The van der Waals surface area contributed by atoms with E-state index in [4.69, 9.17) is 9.47 Å². The summed E-state index contributed by atoms with van der Waals surface area (Å²) in [6, 6.07) is 16.4. The van der Waals surface area contributed by atoms with Crippen molar-refractivity contribution in [3.05, 3.63) is 65.7 Å². The summed E-state index contributed by atoms with van der Waals surface area (Å²) in [5.74, 6) is 1.60. The number of carbonyl (C=O) groups is 1. The van der Waals surface area contributed by atoms with E-state index in [9.17, 15) is 4.79 Å². The minimum absolute atomic E-state index is 0.0718. The van der Waals surface area contributed by atoms with Gasteiger partial charge >= 0.3 is 0 Å². The number of benzene rings is 2. The first-order valence-corrected chi connectivity index (χ1v) is 10.8. The van der Waals surface area contributed by atoms with Gasteiger partial charge in [-0.05, 0) is 55.5 Å². The molecule has 1 aliphatic rings. The molecule has 1 N–H and O–H groups in total. The average molecular weight is 409 g/mol. The molecule has 0 spiro atoms. The predicted octanol–water partition coefficient (Wildman–Crippen LogP) is 3.93. The molecular weight excluding hydrogens is 376 g/mol. The van der Waals surface area contributed by atoms with Gasteiger partial charge in [0.25, 0.3) is 0 Å². The van der Waals surface area contributed by atoms with Gasteiger partial charge in [0.2, 0.25) is 5.91 Å². The SMILES string of the molecule is CCOc1ccc(CCNC(=O)CN2CC=C(c3ccccc3)CC2)cc1OCC. The van der Waals surface area contributed by atoms with Gasteiger partial charge in [-0.15, -0.1) is 0 Å². The van der Waals surface area contributed by atoms with Crippen molar-refractivity contribution in [1.82, 2.24) is 10.2 Å². The summed E-state index contributed by atoms with van der Waals surface area (Å²) < 4.78 is 11.3. The Balaban J connectivity index is 1.43. The van der Waals surface area contributed by atoms with Crippen LogP contribution in [0.15, 0.2) is 54.6 Å². The second-order valence-corrected chi connectivity index (χ2v) is 7.33. The van der Waals surface area contributed by atoms with E-state index in [0.29, 0.717) is 26.3 Å². The topological polar surface area (TPSA) is 50.8 Å². The molecule has 2 aromatic carbocycles. The van der Waals surface area contributed by atoms with Crippen LogP contribution >= 0.6 is 0 Å². The van der Waals surface area contributed by atoms with Gasteiger partial charge in [0.15, 0.2) is 11.5 Å². The van der Waals surface area contributed by atoms with Crippen molar-refractivity contribution in [2.24, 2.45) is 0 Å². The summed E-state index contributed by atoms with van der Waals surface area (Å²) in [6.45, 7) is 7.88. The third-order valence-corrected chi connectivity index (χ3v) is 5.15. The van der Waals surface area contributed by atoms with Crippen LogP contribution in [0.25, 0.3) is 5.57 Å². The molecule has 0 saturated heterocycles. The maximum absolute atomic E-state index is 12.3. The molecule has 5 heteroatoms. The molecule has 0 bridgehead atoms. The van der Waals surface area contributed by atoms with Crippen LogP contribution in [-0.2, 0) is 11.2 Å². The molecule has 160 valence electrons. The third-order valence-electron chi connectivity index (χ3n) is 5.15. The predicted molar refractivity (Wildman–Crippen MR) is 121 cm³/mol. The molecule has 0 fully saturated rings. The van der Waals surface area contributed by atoms with E-state index in [1.165, 1.54) is 11.1 Å². The van der Waals surface area contributed by atoms with E-state index in [0.717, 1.165) is 43.0 Å². The lowest BCUT2D eigenvalue weighted by atomic mass is 10.00. The molecular formula is C25H32N2O3. The number of amides is 1. The molecule has 1 amide bonds. The Kier molecular flexibility index (Phi) is 8.33. The van der Waals surface area contributed by atoms with E-state index in [2.05, 4.69) is 40.6 Å². The smallest absolute Gasteiger partial charge is 0.234 e. The second-order valence-electron chi connectivity index (χ2n) is 7.33. The van der Waals surface area contributed by atoms with Crippen molar-refractivity contribution < 1.29 is 14.3 Å². The highest BCUT2D eigenvalue weighted by atomic mass is 16.5. The zero-order valence-electron chi connectivity index (χ0n) is 18.0. The first-order valence-electron chi connectivity index (χ1n) is 10.8. The van der Waals surface area contributed by atoms with Gasteiger partial charge in [0, 0.05) is 19.6 Å². The van der Waals surface area contributed by atoms with Crippen molar-refractivity contribution in [2.45, 2.75) is 26.7 Å². The van der Waals surface area contributed by atoms with Crippen LogP contribution in [0.3, 0.4) is 0 Å². The molecule has 0 aromatic heterocycles. The lowest BCUT2D eigenvalue weighted by Gasteiger charge is -2.25. The highest BCUT2D eigenvalue weighted by Gasteiger charge is 2.15. The maximum Gasteiger partial charge on any atom is 0.234 e. The fraction of sp³-hybridized carbons (Fsp3) is 0.400. The van der Waals surface area contributed by atoms with Crippen LogP contribution in [0.2, 0.25) is 0 Å². The fourth-order valence-corrected chi connectivity index (χ4v) is 3.63. The van der Waals surface area contributed by atoms with Gasteiger partial charge in [-0.1, -0.05) is 42.5 Å². The molecule has 0 atom stereocenters. The van der Waals surface area contributed by atoms with Crippen molar-refractivity contribution in [2.75, 3.05) is 39.4 Å². The lowest BCUT2D eigenvalue weighted by Crippen LogP contribution is -2.39. The van der Waals surface area contributed by atoms with E-state index in [1.54, 1.807) is 0 Å². The number of nitrogens with one attached hydrogen (secondary N) is 1. The first kappa shape index (κ1) is 21.9. The molecule has 0 aliphatic carbocycles. The molecule has 5 nitrogen and oxygen atoms in total. The van der Waals surface area contributed by atoms with Crippen molar-refractivity contribution in [3.63, 3.8) is 0 Å². The molecule has 2 aromatic rings. The van der Waals surface area contributed by atoms with E-state index in [-0.39, 0.29) is 5.91 Å². The van der Waals surface area contributed by atoms with E-state index < -0.39 is 0 Å². The molecule has 0 saturated carbocycles. The zero-order valence-corrected chi connectivity index (χ0v) is 18.0. The monoisotopic (exact) mass is 408 g/mol. The molecule has 0 radical (unpaired) electrons. The summed E-state index contributed by atoms with van der Waals surface area (Å²) in [5, 5.41) is 3.04. The lowest BCUT2D eigenvalue weighted by molar-refractivity contribution is -0.122. The Labute approximate surface area is 179 Å². The second kappa shape index (κ2) is 11.4. The number of ether oxygens (including phenoxy) is 2. The minimum Gasteiger partial charge on any atom is -0.490 e. The summed E-state index contributed by atoms with van der Waals surface area (Å²) in [6.07, 6.45) is 3.97. The van der Waals surface area contributed by atoms with Gasteiger partial charge in [0.05, 0.1) is 19.8 Å². The summed E-state index contributed by atoms with van der Waals surface area (Å²) >= 11 is 0. The van der Waals surface area contributed by atoms with Gasteiger partial charge in [-0.2, -0.15) is 0 Å². The van der Waals surface area contributed by atoms with Gasteiger partial charge in [-0.25, -0.2) is 0 Å². The van der Waals surface area contributed by atoms with Crippen LogP contribution in [0.1, 0.15) is 31.4 Å². The largest absolute Gasteiger partial charge is 0.490 e. The molecule has 0 unspecified atom stereocenters. The van der Waals surface area contributed by atoms with Crippen LogP contribution in [0, 0.1) is 0 Å². The average Bonchev–Trinajstić information content (AvgIpc) is 2.77. The van der Waals surface area contributed by atoms with Crippen LogP contribution < -0.4 is 14.8 Å². The Hall–Kier alpha value is -2.79. The van der Waals surface area contributed by atoms with Gasteiger partial charge in [-0.3, -0.25) is 9.69 Å². The maximum atomic E-state index is 12.3. The number of rotatable bonds is 10. The summed E-state index contributed by atoms with van der Waals surface area (Å²) in [4.78, 5) is 14.5. The Morgan fingerprint density at radius 1 is 1.03 bits per heavy atom. The molecule has 1 aliphatic heterocycles. The number of hydrogen-bond acceptors (Lipinski definition) is 4. The number of hydrogen-bond donors (Lipinski definition) is 1. The van der Waals surface area contributed by atoms with Crippen LogP contribution in [-0.4, -0.2) is 50.2 Å². The van der Waals surface area contributed by atoms with E-state index >= 15 is 0 Å². The van der Waals surface area contributed by atoms with Crippen molar-refractivity contribution >= 4 is 11.5 Å². The highest BCUT2D eigenvalue weighted by molar-refractivity contribution is 5.78. The van der Waals surface area contributed by atoms with E-state index in [1.807, 2.05) is 38.1 Å². The Morgan fingerprint density at radius 3 is 2.50 bits per heavy atom. The molecule has 3 rings (SSSR count). The van der Waals surface area contributed by atoms with Crippen LogP contribution in [0.5, 0.6) is 11.5 Å². The van der Waals surface area contributed by atoms with Gasteiger partial charge < -0.3 is 14.8 Å². The number of carbonyl (C=O) groups excluding carboxylic acids is 1. The van der Waals surface area contributed by atoms with Crippen molar-refractivity contribution in [1.29, 1.82) is 0 Å². The summed E-state index contributed by atoms with van der Waals surface area (Å²) in [5.41, 5.74) is 3.77. The summed E-state index contributed by atoms with van der Waals surface area (Å²) in [7, 11) is 0. The quantitative estimate of drug-likeness (QED) is 0.647. The molecule has 1 heterocycles. The highest BCUT2D eigenvalue weighted by Crippen LogP contribution is 2.28. The molecule has 30 heavy (non-hydrogen) atoms. The first-order chi connectivity index (χ1) is 14.7. The minimum atomic E-state index is 0.0718. The Morgan fingerprint density at radius 2 is 1.80 bits per heavy atom. The fourth-order valence-electron chi connectivity index (χ4n) is 3.63. The van der Waals surface area contributed by atoms with Crippen LogP contribution in [0.4, 0.5) is 0 Å². The zero-order chi connectivity index (χ0) is 21.2.